The van der Waals surface area contributed by atoms with Gasteiger partial charge in [-0.1, -0.05) is 6.07 Å². The molecule has 0 unspecified atom stereocenters. The van der Waals surface area contributed by atoms with E-state index < -0.39 is 23.9 Å². The number of hydrogen-bond donors (Lipinski definition) is 3. The Morgan fingerprint density at radius 1 is 1.24 bits per heavy atom. The maximum Gasteiger partial charge on any atom is 0.337 e. The minimum atomic E-state index is -0.761. The van der Waals surface area contributed by atoms with Gasteiger partial charge in [0.25, 0.3) is 5.91 Å². The van der Waals surface area contributed by atoms with E-state index in [1.54, 1.807) is 31.2 Å². The zero-order chi connectivity index (χ0) is 24.8. The molecule has 3 amide bonds. The van der Waals surface area contributed by atoms with Crippen LogP contribution in [0.25, 0.3) is 0 Å². The molecule has 0 spiro atoms. The van der Waals surface area contributed by atoms with Gasteiger partial charge in [-0.2, -0.15) is 5.10 Å². The van der Waals surface area contributed by atoms with Crippen molar-refractivity contribution in [3.8, 4) is 11.5 Å². The highest BCUT2D eigenvalue weighted by molar-refractivity contribution is 9.13. The third-order valence-electron chi connectivity index (χ3n) is 4.60. The van der Waals surface area contributed by atoms with E-state index in [1.165, 1.54) is 20.4 Å². The van der Waals surface area contributed by atoms with Crippen molar-refractivity contribution in [2.24, 2.45) is 5.10 Å². The molecule has 2 heterocycles. The van der Waals surface area contributed by atoms with Crippen LogP contribution in [0, 0.1) is 0 Å². The second-order valence-electron chi connectivity index (χ2n) is 6.82. The summed E-state index contributed by atoms with van der Waals surface area (Å²) in [6.45, 7) is 1.27. The third kappa shape index (κ3) is 5.97. The zero-order valence-corrected chi connectivity index (χ0v) is 21.4. The summed E-state index contributed by atoms with van der Waals surface area (Å²) in [6, 6.07) is 5.28. The molecule has 3 rings (SSSR count). The molecule has 34 heavy (non-hydrogen) atoms. The van der Waals surface area contributed by atoms with Crippen molar-refractivity contribution in [3.05, 3.63) is 56.0 Å². The Kier molecular flexibility index (Phi) is 8.34. The lowest BCUT2D eigenvalue weighted by Gasteiger charge is -2.28. The molecule has 0 bridgehead atoms. The number of carbonyl (C=O) groups is 3. The van der Waals surface area contributed by atoms with Gasteiger partial charge in [-0.15, -0.1) is 0 Å². The monoisotopic (exact) mass is 598 g/mol. The number of allylic oxidation sites excluding steroid dienone is 1. The molecule has 1 aromatic heterocycles. The molecule has 3 N–H and O–H groups in total. The minimum Gasteiger partial charge on any atom is -0.493 e. The standard InChI is InChI=1S/C21H20Br2N4O7/c1-10-17(20(29)32-3)18(26-21(30)25-10)11-4-5-14(15(6-11)31-2)33-9-16(28)27-24-8-12-7-13(22)19(23)34-12/h4-8,18H,9H2,1-3H3,(H,27,28)(H2,25,26,30)/t18-/m0/s1. The first-order chi connectivity index (χ1) is 16.2. The van der Waals surface area contributed by atoms with Gasteiger partial charge < -0.3 is 29.3 Å². The summed E-state index contributed by atoms with van der Waals surface area (Å²) in [5, 5.41) is 9.05. The Balaban J connectivity index is 1.69. The van der Waals surface area contributed by atoms with Gasteiger partial charge in [0.15, 0.2) is 22.8 Å². The largest absolute Gasteiger partial charge is 0.493 e. The van der Waals surface area contributed by atoms with Gasteiger partial charge in [0.1, 0.15) is 5.76 Å². The van der Waals surface area contributed by atoms with Crippen molar-refractivity contribution in [2.45, 2.75) is 13.0 Å². The number of ether oxygens (including phenoxy) is 3. The fourth-order valence-electron chi connectivity index (χ4n) is 3.08. The van der Waals surface area contributed by atoms with Crippen LogP contribution in [0.1, 0.15) is 24.3 Å². The summed E-state index contributed by atoms with van der Waals surface area (Å²) >= 11 is 6.49. The smallest absolute Gasteiger partial charge is 0.337 e. The second-order valence-corrected chi connectivity index (χ2v) is 8.40. The van der Waals surface area contributed by atoms with E-state index in [-0.39, 0.29) is 17.9 Å². The van der Waals surface area contributed by atoms with Crippen LogP contribution >= 0.6 is 31.9 Å². The second kappa shape index (κ2) is 11.2. The molecule has 1 aliphatic heterocycles. The van der Waals surface area contributed by atoms with Crippen molar-refractivity contribution >= 4 is 56.0 Å². The van der Waals surface area contributed by atoms with Crippen LogP contribution in [-0.4, -0.2) is 44.9 Å². The summed E-state index contributed by atoms with van der Waals surface area (Å²) in [4.78, 5) is 36.3. The Morgan fingerprint density at radius 2 is 2.00 bits per heavy atom. The number of furan rings is 1. The number of hydrazone groups is 1. The van der Waals surface area contributed by atoms with Crippen molar-refractivity contribution in [1.82, 2.24) is 16.1 Å². The van der Waals surface area contributed by atoms with Crippen LogP contribution < -0.4 is 25.5 Å². The number of halogens is 2. The molecule has 2 aromatic rings. The van der Waals surface area contributed by atoms with E-state index in [0.717, 1.165) is 0 Å². The average Bonchev–Trinajstić information content (AvgIpc) is 3.13. The highest BCUT2D eigenvalue weighted by Gasteiger charge is 2.32. The van der Waals surface area contributed by atoms with E-state index in [9.17, 15) is 14.4 Å². The van der Waals surface area contributed by atoms with Crippen LogP contribution in [0.15, 0.2) is 54.2 Å². The SMILES string of the molecule is COC(=O)C1=C(C)NC(=O)N[C@H]1c1ccc(OCC(=O)NN=Cc2cc(Br)c(Br)o2)c(OC)c1. The minimum absolute atomic E-state index is 0.255. The summed E-state index contributed by atoms with van der Waals surface area (Å²) in [7, 11) is 2.69. The summed E-state index contributed by atoms with van der Waals surface area (Å²) in [5.41, 5.74) is 3.52. The number of hydrogen-bond acceptors (Lipinski definition) is 8. The van der Waals surface area contributed by atoms with Crippen LogP contribution in [0.2, 0.25) is 0 Å². The number of amides is 3. The van der Waals surface area contributed by atoms with Gasteiger partial charge in [0, 0.05) is 11.8 Å². The molecule has 13 heteroatoms. The molecular formula is C21H20Br2N4O7. The molecule has 0 radical (unpaired) electrons. The number of urea groups is 1. The van der Waals surface area contributed by atoms with E-state index in [0.29, 0.717) is 31.9 Å². The van der Waals surface area contributed by atoms with Gasteiger partial charge in [0.05, 0.1) is 36.5 Å². The maximum atomic E-state index is 12.3. The Labute approximate surface area is 211 Å². The topological polar surface area (TPSA) is 140 Å². The highest BCUT2D eigenvalue weighted by Crippen LogP contribution is 2.34. The van der Waals surface area contributed by atoms with Gasteiger partial charge in [-0.25, -0.2) is 15.0 Å². The number of methoxy groups -OCH3 is 2. The van der Waals surface area contributed by atoms with Crippen LogP contribution in [0.3, 0.4) is 0 Å². The van der Waals surface area contributed by atoms with Gasteiger partial charge >= 0.3 is 12.0 Å². The lowest BCUT2D eigenvalue weighted by Crippen LogP contribution is -2.45. The van der Waals surface area contributed by atoms with Gasteiger partial charge in [-0.3, -0.25) is 4.79 Å². The fourth-order valence-corrected chi connectivity index (χ4v) is 3.69. The van der Waals surface area contributed by atoms with E-state index in [2.05, 4.69) is 53.0 Å². The third-order valence-corrected chi connectivity index (χ3v) is 6.31. The van der Waals surface area contributed by atoms with Gasteiger partial charge in [0.2, 0.25) is 0 Å². The number of nitrogens with one attached hydrogen (secondary N) is 3. The van der Waals surface area contributed by atoms with E-state index in [4.69, 9.17) is 18.6 Å². The Hall–Kier alpha value is -3.32. The van der Waals surface area contributed by atoms with E-state index >= 15 is 0 Å². The molecule has 0 saturated carbocycles. The van der Waals surface area contributed by atoms with E-state index in [1.807, 2.05) is 0 Å². The van der Waals surface area contributed by atoms with Gasteiger partial charge in [-0.05, 0) is 56.5 Å². The average molecular weight is 600 g/mol. The summed E-state index contributed by atoms with van der Waals surface area (Å²) < 4.78 is 22.3. The fraction of sp³-hybridized carbons (Fsp3) is 0.238. The van der Waals surface area contributed by atoms with Crippen molar-refractivity contribution < 1.29 is 33.0 Å². The molecule has 0 saturated heterocycles. The molecule has 1 aliphatic rings. The molecule has 1 atom stereocenters. The molecule has 1 aromatic carbocycles. The number of carbonyl (C=O) groups excluding carboxylic acids is 3. The Bertz CT molecular complexity index is 1160. The number of rotatable bonds is 8. The first-order valence-electron chi connectivity index (χ1n) is 9.67. The van der Waals surface area contributed by atoms with Crippen molar-refractivity contribution in [2.75, 3.05) is 20.8 Å². The lowest BCUT2D eigenvalue weighted by atomic mass is 9.95. The number of benzene rings is 1. The molecule has 0 aliphatic carbocycles. The number of esters is 1. The molecule has 180 valence electrons. The first-order valence-corrected chi connectivity index (χ1v) is 11.3. The molecule has 0 fully saturated rings. The summed E-state index contributed by atoms with van der Waals surface area (Å²) in [6.07, 6.45) is 1.34. The van der Waals surface area contributed by atoms with Crippen LogP contribution in [-0.2, 0) is 14.3 Å². The lowest BCUT2D eigenvalue weighted by molar-refractivity contribution is -0.136. The first kappa shape index (κ1) is 25.3. The van der Waals surface area contributed by atoms with Crippen LogP contribution in [0.4, 0.5) is 4.79 Å². The maximum absolute atomic E-state index is 12.3. The summed E-state index contributed by atoms with van der Waals surface area (Å²) in [5.74, 6) is -0.0820. The predicted octanol–water partition coefficient (Wildman–Crippen LogP) is 3.14. The predicted molar refractivity (Wildman–Crippen MR) is 127 cm³/mol. The van der Waals surface area contributed by atoms with Crippen molar-refractivity contribution in [3.63, 3.8) is 0 Å². The van der Waals surface area contributed by atoms with Crippen LogP contribution in [0.5, 0.6) is 11.5 Å². The van der Waals surface area contributed by atoms with Crippen molar-refractivity contribution in [1.29, 1.82) is 0 Å². The normalized spacial score (nSPS) is 15.6. The highest BCUT2D eigenvalue weighted by atomic mass is 79.9. The quantitative estimate of drug-likeness (QED) is 0.240. The molecular weight excluding hydrogens is 580 g/mol. The Morgan fingerprint density at radius 3 is 2.65 bits per heavy atom. The number of nitrogens with zero attached hydrogens (tertiary/aromatic N) is 1. The zero-order valence-electron chi connectivity index (χ0n) is 18.2. The molecule has 11 nitrogen and oxygen atoms in total.